The fraction of sp³-hybridized carbons (Fsp3) is 0.625. The molecule has 1 fully saturated rings. The lowest BCUT2D eigenvalue weighted by molar-refractivity contribution is 0.0828. The summed E-state index contributed by atoms with van der Waals surface area (Å²) in [6.07, 6.45) is 0. The first-order chi connectivity index (χ1) is 9.32. The highest BCUT2D eigenvalue weighted by molar-refractivity contribution is 5.85. The Balaban J connectivity index is 0.00000220. The second-order valence-electron chi connectivity index (χ2n) is 6.65. The zero-order valence-corrected chi connectivity index (χ0v) is 15.2. The van der Waals surface area contributed by atoms with Gasteiger partial charge in [-0.1, -0.05) is 32.9 Å². The molecule has 0 saturated carbocycles. The van der Waals surface area contributed by atoms with Gasteiger partial charge in [0.2, 0.25) is 0 Å². The second-order valence-corrected chi connectivity index (χ2v) is 6.65. The molecule has 6 heteroatoms. The van der Waals surface area contributed by atoms with E-state index in [-0.39, 0.29) is 36.3 Å². The number of nitrogens with one attached hydrogen (secondary N) is 1. The van der Waals surface area contributed by atoms with Gasteiger partial charge in [-0.25, -0.2) is 8.78 Å². The number of nitrogens with zero attached hydrogens (tertiary/aromatic N) is 1. The van der Waals surface area contributed by atoms with Gasteiger partial charge in [-0.2, -0.15) is 0 Å². The second kappa shape index (κ2) is 8.44. The first-order valence-electron chi connectivity index (χ1n) is 7.21. The Kier molecular flexibility index (Phi) is 8.28. The van der Waals surface area contributed by atoms with E-state index in [1.807, 2.05) is 0 Å². The molecule has 1 aliphatic rings. The van der Waals surface area contributed by atoms with E-state index in [1.165, 1.54) is 0 Å². The van der Waals surface area contributed by atoms with Gasteiger partial charge in [0.1, 0.15) is 0 Å². The predicted molar refractivity (Wildman–Crippen MR) is 92.2 cm³/mol. The minimum atomic E-state index is -0.716. The van der Waals surface area contributed by atoms with Crippen LogP contribution < -0.4 is 5.32 Å². The lowest BCUT2D eigenvalue weighted by Gasteiger charge is -2.42. The number of rotatable bonds is 2. The monoisotopic (exact) mass is 354 g/mol. The largest absolute Gasteiger partial charge is 0.314 e. The normalized spacial score (nSPS) is 17.4. The standard InChI is InChI=1S/C16H24F2N2.2ClH/c1-11-5-6-12(14(18)13(11)17)15(16(2,3)4)20-9-7-19-8-10-20;;/h5-6,15,19H,7-10H2,1-4H3;2*1H/t15-;;/m0../s1. The van der Waals surface area contributed by atoms with Gasteiger partial charge in [0, 0.05) is 37.8 Å². The maximum absolute atomic E-state index is 14.4. The Morgan fingerprint density at radius 1 is 1.05 bits per heavy atom. The molecule has 1 aliphatic heterocycles. The van der Waals surface area contributed by atoms with Crippen molar-refractivity contribution in [2.75, 3.05) is 26.2 Å². The molecule has 22 heavy (non-hydrogen) atoms. The molecular formula is C16H26Cl2F2N2. The van der Waals surface area contributed by atoms with Gasteiger partial charge in [-0.15, -0.1) is 24.8 Å². The minimum absolute atomic E-state index is 0. The molecule has 1 N–H and O–H groups in total. The van der Waals surface area contributed by atoms with Crippen LogP contribution in [0.15, 0.2) is 12.1 Å². The Morgan fingerprint density at radius 3 is 2.09 bits per heavy atom. The summed E-state index contributed by atoms with van der Waals surface area (Å²) in [7, 11) is 0. The number of halogens is 4. The predicted octanol–water partition coefficient (Wildman–Crippen LogP) is 4.11. The van der Waals surface area contributed by atoms with Crippen LogP contribution in [0.3, 0.4) is 0 Å². The van der Waals surface area contributed by atoms with Crippen molar-refractivity contribution < 1.29 is 8.78 Å². The highest BCUT2D eigenvalue weighted by atomic mass is 35.5. The van der Waals surface area contributed by atoms with Crippen molar-refractivity contribution in [3.8, 4) is 0 Å². The lowest BCUT2D eigenvalue weighted by atomic mass is 9.80. The number of piperazine rings is 1. The van der Waals surface area contributed by atoms with Crippen LogP contribution in [0.1, 0.15) is 37.9 Å². The molecule has 2 rings (SSSR count). The van der Waals surface area contributed by atoms with E-state index in [1.54, 1.807) is 19.1 Å². The summed E-state index contributed by atoms with van der Waals surface area (Å²) >= 11 is 0. The zero-order chi connectivity index (χ0) is 14.9. The van der Waals surface area contributed by atoms with E-state index in [0.717, 1.165) is 26.2 Å². The van der Waals surface area contributed by atoms with Crippen molar-refractivity contribution in [3.63, 3.8) is 0 Å². The van der Waals surface area contributed by atoms with Crippen LogP contribution in [0.2, 0.25) is 0 Å². The molecule has 0 bridgehead atoms. The highest BCUT2D eigenvalue weighted by Crippen LogP contribution is 2.39. The van der Waals surface area contributed by atoms with Crippen LogP contribution in [0.5, 0.6) is 0 Å². The number of benzene rings is 1. The molecule has 0 spiro atoms. The van der Waals surface area contributed by atoms with Crippen LogP contribution in [0, 0.1) is 24.0 Å². The number of hydrogen-bond donors (Lipinski definition) is 1. The molecule has 0 radical (unpaired) electrons. The summed E-state index contributed by atoms with van der Waals surface area (Å²) in [6.45, 7) is 11.3. The lowest BCUT2D eigenvalue weighted by Crippen LogP contribution is -2.48. The molecule has 1 heterocycles. The highest BCUT2D eigenvalue weighted by Gasteiger charge is 2.35. The third kappa shape index (κ3) is 4.54. The zero-order valence-electron chi connectivity index (χ0n) is 13.6. The van der Waals surface area contributed by atoms with Crippen molar-refractivity contribution >= 4 is 24.8 Å². The molecule has 1 saturated heterocycles. The molecule has 0 unspecified atom stereocenters. The van der Waals surface area contributed by atoms with Gasteiger partial charge in [-0.05, 0) is 17.9 Å². The Labute approximate surface area is 144 Å². The van der Waals surface area contributed by atoms with E-state index in [4.69, 9.17) is 0 Å². The smallest absolute Gasteiger partial charge is 0.163 e. The van der Waals surface area contributed by atoms with Crippen LogP contribution in [0.25, 0.3) is 0 Å². The van der Waals surface area contributed by atoms with E-state index in [2.05, 4.69) is 31.0 Å². The molecule has 1 aromatic rings. The Bertz CT molecular complexity index is 484. The summed E-state index contributed by atoms with van der Waals surface area (Å²) in [6, 6.07) is 3.31. The maximum Gasteiger partial charge on any atom is 0.163 e. The van der Waals surface area contributed by atoms with Gasteiger partial charge in [-0.3, -0.25) is 4.90 Å². The van der Waals surface area contributed by atoms with Crippen molar-refractivity contribution in [1.29, 1.82) is 0 Å². The molecular weight excluding hydrogens is 329 g/mol. The first kappa shape index (κ1) is 21.6. The van der Waals surface area contributed by atoms with Crippen LogP contribution in [-0.4, -0.2) is 31.1 Å². The topological polar surface area (TPSA) is 15.3 Å². The maximum atomic E-state index is 14.4. The molecule has 1 atom stereocenters. The summed E-state index contributed by atoms with van der Waals surface area (Å²) in [5.74, 6) is -1.41. The average Bonchev–Trinajstić information content (AvgIpc) is 2.39. The van der Waals surface area contributed by atoms with Crippen LogP contribution in [-0.2, 0) is 0 Å². The third-order valence-corrected chi connectivity index (χ3v) is 3.94. The molecule has 0 amide bonds. The molecule has 0 aliphatic carbocycles. The molecule has 128 valence electrons. The van der Waals surface area contributed by atoms with Crippen molar-refractivity contribution in [2.24, 2.45) is 5.41 Å². The van der Waals surface area contributed by atoms with Crippen molar-refractivity contribution in [3.05, 3.63) is 34.9 Å². The van der Waals surface area contributed by atoms with Gasteiger partial charge < -0.3 is 5.32 Å². The van der Waals surface area contributed by atoms with E-state index in [0.29, 0.717) is 11.1 Å². The minimum Gasteiger partial charge on any atom is -0.314 e. The fourth-order valence-electron chi connectivity index (χ4n) is 3.02. The summed E-state index contributed by atoms with van der Waals surface area (Å²) in [4.78, 5) is 2.25. The first-order valence-corrected chi connectivity index (χ1v) is 7.21. The van der Waals surface area contributed by atoms with Crippen LogP contribution >= 0.6 is 24.8 Å². The van der Waals surface area contributed by atoms with E-state index < -0.39 is 11.6 Å². The van der Waals surface area contributed by atoms with Crippen molar-refractivity contribution in [2.45, 2.75) is 33.7 Å². The number of hydrogen-bond acceptors (Lipinski definition) is 2. The summed E-state index contributed by atoms with van der Waals surface area (Å²) in [5.41, 5.74) is 0.682. The summed E-state index contributed by atoms with van der Waals surface area (Å²) < 4.78 is 28.3. The Hall–Kier alpha value is -0.420. The van der Waals surface area contributed by atoms with Crippen LogP contribution in [0.4, 0.5) is 8.78 Å². The third-order valence-electron chi connectivity index (χ3n) is 3.94. The van der Waals surface area contributed by atoms with Crippen molar-refractivity contribution in [1.82, 2.24) is 10.2 Å². The fourth-order valence-corrected chi connectivity index (χ4v) is 3.02. The molecule has 0 aromatic heterocycles. The average molecular weight is 355 g/mol. The van der Waals surface area contributed by atoms with Gasteiger partial charge in [0.15, 0.2) is 11.6 Å². The molecule has 1 aromatic carbocycles. The SMILES string of the molecule is Cc1ccc([C@H](N2CCNCC2)C(C)(C)C)c(F)c1F.Cl.Cl. The van der Waals surface area contributed by atoms with Gasteiger partial charge in [0.05, 0.1) is 0 Å². The Morgan fingerprint density at radius 2 is 1.59 bits per heavy atom. The van der Waals surface area contributed by atoms with Gasteiger partial charge >= 0.3 is 0 Å². The van der Waals surface area contributed by atoms with E-state index >= 15 is 0 Å². The summed E-state index contributed by atoms with van der Waals surface area (Å²) in [5, 5.41) is 3.30. The number of aryl methyl sites for hydroxylation is 1. The quantitative estimate of drug-likeness (QED) is 0.859. The molecule has 2 nitrogen and oxygen atoms in total. The van der Waals surface area contributed by atoms with Gasteiger partial charge in [0.25, 0.3) is 0 Å². The van der Waals surface area contributed by atoms with E-state index in [9.17, 15) is 8.78 Å².